The lowest BCUT2D eigenvalue weighted by Crippen LogP contribution is -2.17. The molecule has 0 spiro atoms. The van der Waals surface area contributed by atoms with Crippen LogP contribution in [0.5, 0.6) is 5.75 Å². The van der Waals surface area contributed by atoms with E-state index in [9.17, 15) is 4.79 Å². The van der Waals surface area contributed by atoms with E-state index in [4.69, 9.17) is 4.74 Å². The molecule has 0 atom stereocenters. The molecule has 0 aromatic heterocycles. The van der Waals surface area contributed by atoms with E-state index in [1.54, 1.807) is 0 Å². The molecule has 1 aromatic rings. The Labute approximate surface area is 118 Å². The van der Waals surface area contributed by atoms with E-state index in [1.807, 2.05) is 6.92 Å². The summed E-state index contributed by atoms with van der Waals surface area (Å²) >= 11 is 3.49. The van der Waals surface area contributed by atoms with E-state index < -0.39 is 0 Å². The van der Waals surface area contributed by atoms with Gasteiger partial charge in [-0.25, -0.2) is 0 Å². The van der Waals surface area contributed by atoms with E-state index in [1.165, 1.54) is 18.1 Å². The highest BCUT2D eigenvalue weighted by atomic mass is 79.9. The van der Waals surface area contributed by atoms with Gasteiger partial charge in [0.05, 0.1) is 0 Å². The maximum atomic E-state index is 11.3. The predicted molar refractivity (Wildman–Crippen MR) is 78.6 cm³/mol. The summed E-state index contributed by atoms with van der Waals surface area (Å²) in [5, 5.41) is 0.767. The van der Waals surface area contributed by atoms with Crippen molar-refractivity contribution in [1.29, 1.82) is 0 Å². The second-order valence-corrected chi connectivity index (χ2v) is 6.21. The third-order valence-corrected chi connectivity index (χ3v) is 3.62. The summed E-state index contributed by atoms with van der Waals surface area (Å²) in [6.07, 6.45) is 0. The monoisotopic (exact) mass is 312 g/mol. The lowest BCUT2D eigenvalue weighted by Gasteiger charge is -2.25. The van der Waals surface area contributed by atoms with Crippen LogP contribution in [-0.2, 0) is 15.5 Å². The minimum atomic E-state index is -0.270. The second-order valence-electron chi connectivity index (χ2n) is 5.65. The Hall–Kier alpha value is -0.830. The summed E-state index contributed by atoms with van der Waals surface area (Å²) in [5.74, 6) is 0.447. The van der Waals surface area contributed by atoms with Gasteiger partial charge in [0.25, 0.3) is 0 Å². The molecule has 0 saturated heterocycles. The zero-order valence-corrected chi connectivity index (χ0v) is 13.6. The van der Waals surface area contributed by atoms with Crippen LogP contribution in [0.25, 0.3) is 0 Å². The van der Waals surface area contributed by atoms with Gasteiger partial charge in [-0.15, -0.1) is 0 Å². The second kappa shape index (κ2) is 5.43. The SMILES string of the molecule is CC(=O)Oc1c(C(C)(C)C)cc(C)c(CBr)c1C. The smallest absolute Gasteiger partial charge is 0.308 e. The molecule has 0 unspecified atom stereocenters. The van der Waals surface area contributed by atoms with Gasteiger partial charge in [-0.3, -0.25) is 4.79 Å². The van der Waals surface area contributed by atoms with Gasteiger partial charge in [-0.1, -0.05) is 42.8 Å². The van der Waals surface area contributed by atoms with Gasteiger partial charge in [-0.2, -0.15) is 0 Å². The largest absolute Gasteiger partial charge is 0.426 e. The molecule has 0 saturated carbocycles. The quantitative estimate of drug-likeness (QED) is 0.459. The van der Waals surface area contributed by atoms with Crippen molar-refractivity contribution in [3.8, 4) is 5.75 Å². The molecule has 0 fully saturated rings. The van der Waals surface area contributed by atoms with Gasteiger partial charge in [0.15, 0.2) is 0 Å². The Morgan fingerprint density at radius 1 is 1.33 bits per heavy atom. The van der Waals surface area contributed by atoms with Crippen molar-refractivity contribution in [2.45, 2.75) is 52.3 Å². The number of rotatable bonds is 2. The number of hydrogen-bond acceptors (Lipinski definition) is 2. The third-order valence-electron chi connectivity index (χ3n) is 3.06. The topological polar surface area (TPSA) is 26.3 Å². The molecule has 1 rings (SSSR count). The Balaban J connectivity index is 3.55. The first kappa shape index (κ1) is 15.2. The summed E-state index contributed by atoms with van der Waals surface area (Å²) < 4.78 is 5.44. The van der Waals surface area contributed by atoms with Gasteiger partial charge in [0.2, 0.25) is 0 Å². The number of aryl methyl sites for hydroxylation is 1. The minimum Gasteiger partial charge on any atom is -0.426 e. The molecule has 0 bridgehead atoms. The van der Waals surface area contributed by atoms with Crippen molar-refractivity contribution in [2.75, 3.05) is 0 Å². The van der Waals surface area contributed by atoms with Crippen LogP contribution in [0.15, 0.2) is 6.07 Å². The number of carbonyl (C=O) groups excluding carboxylic acids is 1. The van der Waals surface area contributed by atoms with Gasteiger partial charge in [0.1, 0.15) is 5.75 Å². The molecule has 0 heterocycles. The van der Waals surface area contributed by atoms with E-state index in [2.05, 4.69) is 49.7 Å². The van der Waals surface area contributed by atoms with Crippen LogP contribution >= 0.6 is 15.9 Å². The highest BCUT2D eigenvalue weighted by Gasteiger charge is 2.24. The average molecular weight is 313 g/mol. The first-order chi connectivity index (χ1) is 8.18. The summed E-state index contributed by atoms with van der Waals surface area (Å²) in [5.41, 5.74) is 4.50. The van der Waals surface area contributed by atoms with Gasteiger partial charge in [-0.05, 0) is 36.0 Å². The number of halogens is 1. The number of ether oxygens (including phenoxy) is 1. The molecule has 3 heteroatoms. The van der Waals surface area contributed by atoms with Crippen LogP contribution in [0.1, 0.15) is 49.9 Å². The normalized spacial score (nSPS) is 11.5. The Bertz CT molecular complexity index is 470. The average Bonchev–Trinajstić information content (AvgIpc) is 2.20. The summed E-state index contributed by atoms with van der Waals surface area (Å²) in [6, 6.07) is 2.13. The highest BCUT2D eigenvalue weighted by Crippen LogP contribution is 2.38. The van der Waals surface area contributed by atoms with Crippen molar-refractivity contribution in [2.24, 2.45) is 0 Å². The standard InChI is InChI=1S/C15H21BrO2/c1-9-7-13(15(4,5)6)14(18-11(3)17)10(2)12(9)8-16/h7H,8H2,1-6H3. The van der Waals surface area contributed by atoms with Gasteiger partial charge >= 0.3 is 5.97 Å². The molecular formula is C15H21BrO2. The van der Waals surface area contributed by atoms with Gasteiger partial charge in [0, 0.05) is 17.8 Å². The Kier molecular flexibility index (Phi) is 4.60. The highest BCUT2D eigenvalue weighted by molar-refractivity contribution is 9.08. The Morgan fingerprint density at radius 2 is 1.89 bits per heavy atom. The van der Waals surface area contributed by atoms with Gasteiger partial charge < -0.3 is 4.74 Å². The van der Waals surface area contributed by atoms with E-state index in [0.717, 1.165) is 22.2 Å². The van der Waals surface area contributed by atoms with E-state index >= 15 is 0 Å². The van der Waals surface area contributed by atoms with E-state index in [-0.39, 0.29) is 11.4 Å². The minimum absolute atomic E-state index is 0.0505. The van der Waals surface area contributed by atoms with Crippen LogP contribution in [0.2, 0.25) is 0 Å². The van der Waals surface area contributed by atoms with Crippen LogP contribution in [-0.4, -0.2) is 5.97 Å². The fourth-order valence-corrected chi connectivity index (χ4v) is 2.90. The number of hydrogen-bond donors (Lipinski definition) is 0. The van der Waals surface area contributed by atoms with Crippen molar-refractivity contribution in [3.05, 3.63) is 28.3 Å². The molecule has 0 aliphatic carbocycles. The summed E-state index contributed by atoms with van der Waals surface area (Å²) in [4.78, 5) is 11.3. The molecule has 0 aliphatic heterocycles. The fraction of sp³-hybridized carbons (Fsp3) is 0.533. The van der Waals surface area contributed by atoms with Crippen LogP contribution < -0.4 is 4.74 Å². The Morgan fingerprint density at radius 3 is 2.28 bits per heavy atom. The molecule has 0 aliphatic rings. The molecule has 2 nitrogen and oxygen atoms in total. The van der Waals surface area contributed by atoms with Crippen LogP contribution in [0.3, 0.4) is 0 Å². The number of esters is 1. The van der Waals surface area contributed by atoms with E-state index in [0.29, 0.717) is 0 Å². The molecule has 0 radical (unpaired) electrons. The van der Waals surface area contributed by atoms with Crippen LogP contribution in [0, 0.1) is 13.8 Å². The molecule has 1 aromatic carbocycles. The van der Waals surface area contributed by atoms with Crippen molar-refractivity contribution >= 4 is 21.9 Å². The molecule has 100 valence electrons. The van der Waals surface area contributed by atoms with Crippen LogP contribution in [0.4, 0.5) is 0 Å². The first-order valence-electron chi connectivity index (χ1n) is 6.06. The number of alkyl halides is 1. The zero-order valence-electron chi connectivity index (χ0n) is 12.0. The maximum absolute atomic E-state index is 11.3. The fourth-order valence-electron chi connectivity index (χ4n) is 2.04. The summed E-state index contributed by atoms with van der Waals surface area (Å²) in [7, 11) is 0. The first-order valence-corrected chi connectivity index (χ1v) is 7.18. The molecule has 18 heavy (non-hydrogen) atoms. The van der Waals surface area contributed by atoms with Crippen molar-refractivity contribution in [3.63, 3.8) is 0 Å². The van der Waals surface area contributed by atoms with Crippen molar-refractivity contribution < 1.29 is 9.53 Å². The lowest BCUT2D eigenvalue weighted by molar-refractivity contribution is -0.132. The maximum Gasteiger partial charge on any atom is 0.308 e. The number of carbonyl (C=O) groups is 1. The lowest BCUT2D eigenvalue weighted by atomic mass is 9.83. The predicted octanol–water partition coefficient (Wildman–Crippen LogP) is 4.42. The molecular weight excluding hydrogens is 292 g/mol. The summed E-state index contributed by atoms with van der Waals surface area (Å²) in [6.45, 7) is 11.9. The zero-order chi connectivity index (χ0) is 14.1. The molecule has 0 amide bonds. The van der Waals surface area contributed by atoms with Crippen molar-refractivity contribution in [1.82, 2.24) is 0 Å². The third kappa shape index (κ3) is 3.14. The number of benzene rings is 1. The molecule has 0 N–H and O–H groups in total.